The number of carbonyl (C=O) groups excluding carboxylic acids is 1. The maximum Gasteiger partial charge on any atom is 0.249 e. The van der Waals surface area contributed by atoms with Crippen molar-refractivity contribution in [1.29, 1.82) is 0 Å². The third kappa shape index (κ3) is 3.90. The van der Waals surface area contributed by atoms with Crippen LogP contribution in [0.2, 0.25) is 0 Å². The molecule has 1 N–H and O–H groups in total. The number of nitrogens with one attached hydrogen (secondary N) is 1. The molecule has 0 unspecified atom stereocenters. The minimum Gasteiger partial charge on any atom is -0.380 e. The second kappa shape index (κ2) is 7.40. The molecule has 1 aliphatic heterocycles. The number of carbonyl (C=O) groups is 1. The van der Waals surface area contributed by atoms with Crippen molar-refractivity contribution in [3.63, 3.8) is 0 Å². The molecule has 1 aromatic rings. The highest BCUT2D eigenvalue weighted by molar-refractivity contribution is 5.78. The number of likely N-dealkylation sites (tertiary alicyclic amines) is 1. The second-order valence-electron chi connectivity index (χ2n) is 6.72. The van der Waals surface area contributed by atoms with Crippen molar-refractivity contribution in [3.05, 3.63) is 12.2 Å². The van der Waals surface area contributed by atoms with Crippen LogP contribution in [0.4, 0.5) is 0 Å². The fraction of sp³-hybridized carbons (Fsp3) is 0.812. The molecule has 23 heavy (non-hydrogen) atoms. The van der Waals surface area contributed by atoms with Gasteiger partial charge in [-0.25, -0.2) is 4.98 Å². The molecule has 1 saturated heterocycles. The first-order chi connectivity index (χ1) is 11.2. The van der Waals surface area contributed by atoms with Gasteiger partial charge in [-0.15, -0.1) is 0 Å². The number of amides is 1. The Kier molecular flexibility index (Phi) is 5.27. The van der Waals surface area contributed by atoms with Crippen molar-refractivity contribution in [2.24, 2.45) is 5.92 Å². The number of rotatable bonds is 5. The molecule has 1 saturated carbocycles. The number of aromatic amines is 1. The van der Waals surface area contributed by atoms with Gasteiger partial charge in [-0.05, 0) is 31.6 Å². The van der Waals surface area contributed by atoms with E-state index in [4.69, 9.17) is 9.47 Å². The van der Waals surface area contributed by atoms with Crippen molar-refractivity contribution < 1.29 is 14.3 Å². The average molecular weight is 322 g/mol. The highest BCUT2D eigenvalue weighted by Gasteiger charge is 2.38. The van der Waals surface area contributed by atoms with Gasteiger partial charge in [0.05, 0.1) is 18.2 Å². The van der Waals surface area contributed by atoms with Crippen LogP contribution in [0.15, 0.2) is 6.33 Å². The minimum absolute atomic E-state index is 0.00423. The lowest BCUT2D eigenvalue weighted by Crippen LogP contribution is -2.36. The van der Waals surface area contributed by atoms with Crippen LogP contribution in [-0.4, -0.2) is 58.5 Å². The Bertz CT molecular complexity index is 499. The molecule has 1 amide bonds. The topological polar surface area (TPSA) is 80.3 Å². The van der Waals surface area contributed by atoms with Gasteiger partial charge in [0.2, 0.25) is 5.91 Å². The van der Waals surface area contributed by atoms with Crippen molar-refractivity contribution in [2.45, 2.75) is 57.3 Å². The van der Waals surface area contributed by atoms with Gasteiger partial charge < -0.3 is 14.4 Å². The first-order valence-electron chi connectivity index (χ1n) is 8.46. The fourth-order valence-electron chi connectivity index (χ4n) is 3.55. The van der Waals surface area contributed by atoms with Crippen LogP contribution < -0.4 is 0 Å². The number of H-pyrrole nitrogens is 1. The van der Waals surface area contributed by atoms with Crippen molar-refractivity contribution in [3.8, 4) is 0 Å². The minimum atomic E-state index is -0.107. The Hall–Kier alpha value is -1.47. The summed E-state index contributed by atoms with van der Waals surface area (Å²) in [5.41, 5.74) is 0. The van der Waals surface area contributed by atoms with Crippen LogP contribution in [0.25, 0.3) is 0 Å². The van der Waals surface area contributed by atoms with Gasteiger partial charge in [-0.2, -0.15) is 5.10 Å². The SMILES string of the molecule is CO[C@@H]1C[C@@H](c2ncn[nH]2)N(C(=O)COC2CCC(C)CC2)C1. The van der Waals surface area contributed by atoms with Gasteiger partial charge in [0.25, 0.3) is 0 Å². The molecule has 1 aliphatic carbocycles. The van der Waals surface area contributed by atoms with Crippen molar-refractivity contribution >= 4 is 5.91 Å². The number of nitrogens with zero attached hydrogens (tertiary/aromatic N) is 3. The molecular formula is C16H26N4O3. The molecule has 2 heterocycles. The van der Waals surface area contributed by atoms with Crippen LogP contribution in [0.3, 0.4) is 0 Å². The molecule has 1 aromatic heterocycles. The molecule has 7 nitrogen and oxygen atoms in total. The molecule has 2 aliphatic rings. The molecule has 3 rings (SSSR count). The molecular weight excluding hydrogens is 296 g/mol. The zero-order chi connectivity index (χ0) is 16.2. The summed E-state index contributed by atoms with van der Waals surface area (Å²) in [4.78, 5) is 18.6. The van der Waals surface area contributed by atoms with E-state index in [2.05, 4.69) is 22.1 Å². The largest absolute Gasteiger partial charge is 0.380 e. The highest BCUT2D eigenvalue weighted by atomic mass is 16.5. The maximum absolute atomic E-state index is 12.6. The summed E-state index contributed by atoms with van der Waals surface area (Å²) >= 11 is 0. The van der Waals surface area contributed by atoms with E-state index in [1.165, 1.54) is 19.2 Å². The number of hydrogen-bond acceptors (Lipinski definition) is 5. The van der Waals surface area contributed by atoms with Crippen LogP contribution >= 0.6 is 0 Å². The predicted molar refractivity (Wildman–Crippen MR) is 83.6 cm³/mol. The Morgan fingerprint density at radius 3 is 2.78 bits per heavy atom. The van der Waals surface area contributed by atoms with Crippen LogP contribution in [0.5, 0.6) is 0 Å². The summed E-state index contributed by atoms with van der Waals surface area (Å²) in [6, 6.07) is -0.107. The lowest BCUT2D eigenvalue weighted by atomic mass is 9.89. The standard InChI is InChI=1S/C16H26N4O3/c1-11-3-5-12(6-4-11)23-9-15(21)20-8-13(22-2)7-14(20)16-17-10-18-19-16/h10-14H,3-9H2,1-2H3,(H,17,18,19)/t11?,12?,13-,14+/m1/s1. The monoisotopic (exact) mass is 322 g/mol. The Morgan fingerprint density at radius 1 is 1.35 bits per heavy atom. The summed E-state index contributed by atoms with van der Waals surface area (Å²) in [5, 5.41) is 6.76. The quantitative estimate of drug-likeness (QED) is 0.892. The van der Waals surface area contributed by atoms with Gasteiger partial charge in [0.15, 0.2) is 0 Å². The van der Waals surface area contributed by atoms with E-state index in [-0.39, 0.29) is 30.8 Å². The third-order valence-electron chi connectivity index (χ3n) is 5.07. The Balaban J connectivity index is 1.56. The molecule has 128 valence electrons. The van der Waals surface area contributed by atoms with Crippen molar-refractivity contribution in [2.75, 3.05) is 20.3 Å². The maximum atomic E-state index is 12.6. The fourth-order valence-corrected chi connectivity index (χ4v) is 3.55. The van der Waals surface area contributed by atoms with E-state index in [0.29, 0.717) is 12.4 Å². The molecule has 2 fully saturated rings. The summed E-state index contributed by atoms with van der Waals surface area (Å²) < 4.78 is 11.3. The molecule has 0 radical (unpaired) electrons. The van der Waals surface area contributed by atoms with Gasteiger partial charge in [-0.3, -0.25) is 9.89 Å². The Labute approximate surface area is 136 Å². The summed E-state index contributed by atoms with van der Waals surface area (Å²) in [6.07, 6.45) is 6.95. The normalized spacial score (nSPS) is 31.5. The third-order valence-corrected chi connectivity index (χ3v) is 5.07. The first-order valence-corrected chi connectivity index (χ1v) is 8.46. The molecule has 7 heteroatoms. The van der Waals surface area contributed by atoms with Crippen molar-refractivity contribution in [1.82, 2.24) is 20.1 Å². The summed E-state index contributed by atoms with van der Waals surface area (Å²) in [7, 11) is 1.68. The highest BCUT2D eigenvalue weighted by Crippen LogP contribution is 2.31. The van der Waals surface area contributed by atoms with Gasteiger partial charge in [-0.1, -0.05) is 6.92 Å². The lowest BCUT2D eigenvalue weighted by Gasteiger charge is -2.28. The van der Waals surface area contributed by atoms with Crippen LogP contribution in [0, 0.1) is 5.92 Å². The second-order valence-corrected chi connectivity index (χ2v) is 6.72. The summed E-state index contributed by atoms with van der Waals surface area (Å²) in [5.74, 6) is 1.50. The van der Waals surface area contributed by atoms with E-state index in [9.17, 15) is 4.79 Å². The van der Waals surface area contributed by atoms with Crippen LogP contribution in [0.1, 0.15) is 50.9 Å². The van der Waals surface area contributed by atoms with E-state index >= 15 is 0 Å². The van der Waals surface area contributed by atoms with Crippen LogP contribution in [-0.2, 0) is 14.3 Å². The first kappa shape index (κ1) is 16.4. The van der Waals surface area contributed by atoms with Gasteiger partial charge in [0.1, 0.15) is 18.8 Å². The Morgan fingerprint density at radius 2 is 2.13 bits per heavy atom. The number of aromatic nitrogens is 3. The number of hydrogen-bond donors (Lipinski definition) is 1. The van der Waals surface area contributed by atoms with Gasteiger partial charge >= 0.3 is 0 Å². The van der Waals surface area contributed by atoms with Gasteiger partial charge in [0, 0.05) is 20.1 Å². The number of ether oxygens (including phenoxy) is 2. The smallest absolute Gasteiger partial charge is 0.249 e. The zero-order valence-electron chi connectivity index (χ0n) is 13.9. The average Bonchev–Trinajstić information content (AvgIpc) is 3.22. The zero-order valence-corrected chi connectivity index (χ0v) is 13.9. The van der Waals surface area contributed by atoms with E-state index < -0.39 is 0 Å². The molecule has 0 spiro atoms. The van der Waals surface area contributed by atoms with E-state index in [0.717, 1.165) is 25.2 Å². The molecule has 0 bridgehead atoms. The molecule has 0 aromatic carbocycles. The summed E-state index contributed by atoms with van der Waals surface area (Å²) in [6.45, 7) is 2.99. The van der Waals surface area contributed by atoms with E-state index in [1.54, 1.807) is 12.0 Å². The predicted octanol–water partition coefficient (Wildman–Crippen LogP) is 1.69. The lowest BCUT2D eigenvalue weighted by molar-refractivity contribution is -0.140. The van der Waals surface area contributed by atoms with E-state index in [1.807, 2.05) is 0 Å². The number of methoxy groups -OCH3 is 1. The molecule has 2 atom stereocenters.